The van der Waals surface area contributed by atoms with E-state index in [-0.39, 0.29) is 6.09 Å². The smallest absolute Gasteiger partial charge is 0.410 e. The molecule has 0 spiro atoms. The van der Waals surface area contributed by atoms with Crippen LogP contribution in [-0.2, 0) is 27.2 Å². The van der Waals surface area contributed by atoms with Gasteiger partial charge in [0.05, 0.1) is 13.2 Å². The van der Waals surface area contributed by atoms with Crippen molar-refractivity contribution in [3.8, 4) is 0 Å². The van der Waals surface area contributed by atoms with Gasteiger partial charge in [-0.2, -0.15) is 0 Å². The van der Waals surface area contributed by atoms with E-state index in [2.05, 4.69) is 29.2 Å². The molecule has 6 nitrogen and oxygen atoms in total. The molecule has 0 aromatic heterocycles. The fourth-order valence-electron chi connectivity index (χ4n) is 4.02. The Hall–Kier alpha value is -2.57. The Balaban J connectivity index is 1.28. The summed E-state index contributed by atoms with van der Waals surface area (Å²) in [6, 6.07) is 18.4. The van der Waals surface area contributed by atoms with Gasteiger partial charge >= 0.3 is 6.09 Å². The molecule has 0 unspecified atom stereocenters. The van der Waals surface area contributed by atoms with Gasteiger partial charge in [0.25, 0.3) is 0 Å². The van der Waals surface area contributed by atoms with Gasteiger partial charge in [0, 0.05) is 38.3 Å². The average Bonchev–Trinajstić information content (AvgIpc) is 3.04. The molecule has 2 saturated heterocycles. The second-order valence-electron chi connectivity index (χ2n) is 8.04. The zero-order valence-corrected chi connectivity index (χ0v) is 17.6. The number of benzene rings is 2. The van der Waals surface area contributed by atoms with Gasteiger partial charge in [-0.1, -0.05) is 42.5 Å². The van der Waals surface area contributed by atoms with Crippen molar-refractivity contribution in [2.24, 2.45) is 0 Å². The van der Waals surface area contributed by atoms with Crippen molar-refractivity contribution in [1.82, 2.24) is 4.90 Å². The fourth-order valence-corrected chi connectivity index (χ4v) is 4.02. The average molecular weight is 411 g/mol. The van der Waals surface area contributed by atoms with E-state index in [9.17, 15) is 4.79 Å². The van der Waals surface area contributed by atoms with E-state index < -0.39 is 5.79 Å². The fraction of sp³-hybridized carbons (Fsp3) is 0.458. The molecular weight excluding hydrogens is 380 g/mol. The molecule has 30 heavy (non-hydrogen) atoms. The van der Waals surface area contributed by atoms with Crippen LogP contribution in [-0.4, -0.2) is 56.2 Å². The van der Waals surface area contributed by atoms with Crippen LogP contribution in [0.1, 0.15) is 24.5 Å². The second-order valence-corrected chi connectivity index (χ2v) is 8.04. The first-order valence-corrected chi connectivity index (χ1v) is 10.7. The van der Waals surface area contributed by atoms with Crippen LogP contribution in [0.4, 0.5) is 10.5 Å². The highest BCUT2D eigenvalue weighted by molar-refractivity contribution is 5.67. The highest BCUT2D eigenvalue weighted by Crippen LogP contribution is 2.25. The highest BCUT2D eigenvalue weighted by Gasteiger charge is 2.31. The molecule has 0 N–H and O–H groups in total. The molecule has 0 radical (unpaired) electrons. The number of hydrogen-bond acceptors (Lipinski definition) is 5. The number of rotatable bonds is 5. The summed E-state index contributed by atoms with van der Waals surface area (Å²) in [4.78, 5) is 16.6. The molecular formula is C24H30N2O4. The molecule has 0 bridgehead atoms. The Kier molecular flexibility index (Phi) is 6.55. The molecule has 160 valence electrons. The van der Waals surface area contributed by atoms with Crippen molar-refractivity contribution in [1.29, 1.82) is 0 Å². The van der Waals surface area contributed by atoms with Gasteiger partial charge in [0.1, 0.15) is 6.61 Å². The number of nitrogens with zero attached hydrogens (tertiary/aromatic N) is 2. The summed E-state index contributed by atoms with van der Waals surface area (Å²) in [6.45, 7) is 6.72. The van der Waals surface area contributed by atoms with Crippen LogP contribution in [0.25, 0.3) is 0 Å². The van der Waals surface area contributed by atoms with Gasteiger partial charge in [-0.3, -0.25) is 0 Å². The summed E-state index contributed by atoms with van der Waals surface area (Å²) in [7, 11) is 0. The van der Waals surface area contributed by atoms with Crippen molar-refractivity contribution >= 4 is 11.8 Å². The molecule has 2 aromatic carbocycles. The van der Waals surface area contributed by atoms with Crippen molar-refractivity contribution < 1.29 is 19.0 Å². The quantitative estimate of drug-likeness (QED) is 0.750. The predicted octanol–water partition coefficient (Wildman–Crippen LogP) is 3.84. The molecule has 0 saturated carbocycles. The Morgan fingerprint density at radius 3 is 2.40 bits per heavy atom. The highest BCUT2D eigenvalue weighted by atomic mass is 16.7. The lowest BCUT2D eigenvalue weighted by Crippen LogP contribution is -2.35. The van der Waals surface area contributed by atoms with Gasteiger partial charge < -0.3 is 24.0 Å². The van der Waals surface area contributed by atoms with Crippen molar-refractivity contribution in [3.05, 3.63) is 65.7 Å². The third-order valence-electron chi connectivity index (χ3n) is 5.68. The summed E-state index contributed by atoms with van der Waals surface area (Å²) in [5.41, 5.74) is 3.38. The number of anilines is 1. The van der Waals surface area contributed by atoms with Gasteiger partial charge in [-0.25, -0.2) is 4.79 Å². The van der Waals surface area contributed by atoms with Crippen molar-refractivity contribution in [2.45, 2.75) is 32.2 Å². The third kappa shape index (κ3) is 5.32. The molecule has 2 aliphatic rings. The lowest BCUT2D eigenvalue weighted by Gasteiger charge is -2.25. The molecule has 0 aliphatic carbocycles. The molecule has 1 amide bonds. The van der Waals surface area contributed by atoms with E-state index in [0.717, 1.165) is 38.0 Å². The van der Waals surface area contributed by atoms with E-state index in [0.29, 0.717) is 26.4 Å². The Morgan fingerprint density at radius 2 is 1.67 bits per heavy atom. The van der Waals surface area contributed by atoms with Gasteiger partial charge in [0.15, 0.2) is 5.79 Å². The normalized spacial score (nSPS) is 18.8. The Morgan fingerprint density at radius 1 is 0.933 bits per heavy atom. The van der Waals surface area contributed by atoms with Crippen molar-refractivity contribution in [2.75, 3.05) is 44.3 Å². The van der Waals surface area contributed by atoms with Crippen LogP contribution in [0.15, 0.2) is 54.6 Å². The summed E-state index contributed by atoms with van der Waals surface area (Å²) in [6.07, 6.45) is 1.43. The van der Waals surface area contributed by atoms with E-state index in [1.807, 2.05) is 42.2 Å². The van der Waals surface area contributed by atoms with E-state index in [1.165, 1.54) is 11.3 Å². The van der Waals surface area contributed by atoms with E-state index in [1.54, 1.807) is 0 Å². The number of ether oxygens (including phenoxy) is 3. The molecule has 6 heteroatoms. The SMILES string of the molecule is CC1(Cc2ccc(N3CCCN(C(=O)OCc4ccccc4)CC3)cc2)OCCO1. The van der Waals surface area contributed by atoms with Crippen LogP contribution < -0.4 is 4.90 Å². The maximum atomic E-state index is 12.5. The van der Waals surface area contributed by atoms with Gasteiger partial charge in [-0.15, -0.1) is 0 Å². The number of hydrogen-bond donors (Lipinski definition) is 0. The second kappa shape index (κ2) is 9.49. The summed E-state index contributed by atoms with van der Waals surface area (Å²) in [5.74, 6) is -0.509. The summed E-state index contributed by atoms with van der Waals surface area (Å²) < 4.78 is 16.9. The van der Waals surface area contributed by atoms with Crippen molar-refractivity contribution in [3.63, 3.8) is 0 Å². The molecule has 4 rings (SSSR count). The van der Waals surface area contributed by atoms with Crippen LogP contribution in [0.2, 0.25) is 0 Å². The molecule has 2 heterocycles. The van der Waals surface area contributed by atoms with E-state index in [4.69, 9.17) is 14.2 Å². The summed E-state index contributed by atoms with van der Waals surface area (Å²) in [5, 5.41) is 0. The Bertz CT molecular complexity index is 819. The number of carbonyl (C=O) groups excluding carboxylic acids is 1. The van der Waals surface area contributed by atoms with Crippen LogP contribution in [0, 0.1) is 0 Å². The lowest BCUT2D eigenvalue weighted by molar-refractivity contribution is -0.140. The first-order chi connectivity index (χ1) is 14.6. The molecule has 2 aromatic rings. The third-order valence-corrected chi connectivity index (χ3v) is 5.68. The van der Waals surface area contributed by atoms with E-state index >= 15 is 0 Å². The summed E-state index contributed by atoms with van der Waals surface area (Å²) >= 11 is 0. The predicted molar refractivity (Wildman–Crippen MR) is 115 cm³/mol. The zero-order chi connectivity index (χ0) is 20.8. The molecule has 2 aliphatic heterocycles. The minimum atomic E-state index is -0.509. The number of carbonyl (C=O) groups is 1. The number of amides is 1. The minimum Gasteiger partial charge on any atom is -0.445 e. The van der Waals surface area contributed by atoms with Crippen LogP contribution >= 0.6 is 0 Å². The molecule has 2 fully saturated rings. The molecule has 0 atom stereocenters. The topological polar surface area (TPSA) is 51.2 Å². The first kappa shape index (κ1) is 20.7. The largest absolute Gasteiger partial charge is 0.445 e. The lowest BCUT2D eigenvalue weighted by atomic mass is 10.1. The minimum absolute atomic E-state index is 0.235. The van der Waals surface area contributed by atoms with Gasteiger partial charge in [0.2, 0.25) is 0 Å². The van der Waals surface area contributed by atoms with Crippen LogP contribution in [0.5, 0.6) is 0 Å². The standard InChI is InChI=1S/C24H30N2O4/c1-24(29-16-17-30-24)18-20-8-10-22(11-9-20)25-12-5-13-26(15-14-25)23(27)28-19-21-6-3-2-4-7-21/h2-4,6-11H,5,12-19H2,1H3. The first-order valence-electron chi connectivity index (χ1n) is 10.7. The Labute approximate surface area is 178 Å². The van der Waals surface area contributed by atoms with Gasteiger partial charge in [-0.05, 0) is 36.6 Å². The van der Waals surface area contributed by atoms with Crippen LogP contribution in [0.3, 0.4) is 0 Å². The zero-order valence-electron chi connectivity index (χ0n) is 17.6. The monoisotopic (exact) mass is 410 g/mol. The maximum Gasteiger partial charge on any atom is 0.410 e. The maximum absolute atomic E-state index is 12.5.